The number of hydrogen-bond donors (Lipinski definition) is 0. The third-order valence-corrected chi connectivity index (χ3v) is 6.47. The van der Waals surface area contributed by atoms with E-state index in [1.54, 1.807) is 13.3 Å². The summed E-state index contributed by atoms with van der Waals surface area (Å²) in [6, 6.07) is 12.2. The number of pyridine rings is 1. The van der Waals surface area contributed by atoms with E-state index in [1.807, 2.05) is 24.3 Å². The van der Waals surface area contributed by atoms with Crippen molar-refractivity contribution in [1.82, 2.24) is 20.0 Å². The van der Waals surface area contributed by atoms with Crippen LogP contribution in [0, 0.1) is 0 Å². The van der Waals surface area contributed by atoms with Crippen LogP contribution in [0.4, 0.5) is 0 Å². The highest BCUT2D eigenvalue weighted by Gasteiger charge is 2.31. The standard InChI is InChI=1S/C25H30N4O3/c1-30-20-12-9-18(10-13-20)17-29-15-5-8-22(29)25-27-24(28-32-25)19-11-14-23(26-16-19)31-21-6-3-2-4-7-21/h9-14,16,21-22H,2-8,15,17H2,1H3/t22-/m0/s1. The Kier molecular flexibility index (Phi) is 6.34. The van der Waals surface area contributed by atoms with Gasteiger partial charge in [-0.05, 0) is 68.8 Å². The highest BCUT2D eigenvalue weighted by Crippen LogP contribution is 2.33. The molecule has 32 heavy (non-hydrogen) atoms. The van der Waals surface area contributed by atoms with Crippen molar-refractivity contribution in [3.63, 3.8) is 0 Å². The number of ether oxygens (including phenoxy) is 2. The first-order chi connectivity index (χ1) is 15.8. The molecule has 0 spiro atoms. The van der Waals surface area contributed by atoms with E-state index in [4.69, 9.17) is 19.0 Å². The molecule has 1 aliphatic carbocycles. The van der Waals surface area contributed by atoms with Crippen LogP contribution in [0.5, 0.6) is 11.6 Å². The molecule has 2 aliphatic rings. The van der Waals surface area contributed by atoms with Crippen molar-refractivity contribution in [3.05, 3.63) is 54.0 Å². The molecule has 1 saturated carbocycles. The zero-order valence-electron chi connectivity index (χ0n) is 18.6. The van der Waals surface area contributed by atoms with Crippen LogP contribution in [0.2, 0.25) is 0 Å². The maximum Gasteiger partial charge on any atom is 0.244 e. The molecule has 5 rings (SSSR count). The molecule has 7 nitrogen and oxygen atoms in total. The SMILES string of the molecule is COc1ccc(CN2CCC[C@H]2c2nc(-c3ccc(OC4CCCCC4)nc3)no2)cc1. The van der Waals surface area contributed by atoms with Crippen LogP contribution in [-0.2, 0) is 6.54 Å². The molecule has 2 aromatic heterocycles. The molecule has 2 fully saturated rings. The fraction of sp³-hybridized carbons (Fsp3) is 0.480. The van der Waals surface area contributed by atoms with E-state index in [-0.39, 0.29) is 12.1 Å². The second-order valence-electron chi connectivity index (χ2n) is 8.70. The van der Waals surface area contributed by atoms with Gasteiger partial charge >= 0.3 is 0 Å². The molecule has 3 aromatic rings. The lowest BCUT2D eigenvalue weighted by Crippen LogP contribution is -2.23. The molecule has 0 radical (unpaired) electrons. The third-order valence-electron chi connectivity index (χ3n) is 6.47. The first kappa shape index (κ1) is 20.9. The maximum atomic E-state index is 6.03. The first-order valence-corrected chi connectivity index (χ1v) is 11.6. The van der Waals surface area contributed by atoms with E-state index in [0.717, 1.165) is 50.1 Å². The molecule has 168 valence electrons. The van der Waals surface area contributed by atoms with Crippen LogP contribution in [0.15, 0.2) is 47.1 Å². The highest BCUT2D eigenvalue weighted by molar-refractivity contribution is 5.53. The lowest BCUT2D eigenvalue weighted by atomic mass is 9.98. The molecular formula is C25H30N4O3. The van der Waals surface area contributed by atoms with Crippen molar-refractivity contribution in [2.24, 2.45) is 0 Å². The lowest BCUT2D eigenvalue weighted by molar-refractivity contribution is 0.148. The molecule has 0 N–H and O–H groups in total. The lowest BCUT2D eigenvalue weighted by Gasteiger charge is -2.22. The highest BCUT2D eigenvalue weighted by atomic mass is 16.5. The Bertz CT molecular complexity index is 997. The molecule has 0 bridgehead atoms. The summed E-state index contributed by atoms with van der Waals surface area (Å²) in [5, 5.41) is 4.23. The van der Waals surface area contributed by atoms with Gasteiger partial charge in [-0.3, -0.25) is 4.90 Å². The number of likely N-dealkylation sites (tertiary alicyclic amines) is 1. The maximum absolute atomic E-state index is 6.03. The smallest absolute Gasteiger partial charge is 0.244 e. The first-order valence-electron chi connectivity index (χ1n) is 11.6. The quantitative estimate of drug-likeness (QED) is 0.507. The molecule has 1 saturated heterocycles. The monoisotopic (exact) mass is 434 g/mol. The van der Waals surface area contributed by atoms with Crippen LogP contribution in [0.3, 0.4) is 0 Å². The average molecular weight is 435 g/mol. The van der Waals surface area contributed by atoms with Crippen LogP contribution in [-0.4, -0.2) is 39.8 Å². The fourth-order valence-electron chi connectivity index (χ4n) is 4.68. The molecule has 3 heterocycles. The molecule has 1 aliphatic heterocycles. The van der Waals surface area contributed by atoms with Gasteiger partial charge in [0.2, 0.25) is 17.6 Å². The minimum absolute atomic E-state index is 0.139. The van der Waals surface area contributed by atoms with Crippen molar-refractivity contribution >= 4 is 0 Å². The third kappa shape index (κ3) is 4.78. The second-order valence-corrected chi connectivity index (χ2v) is 8.70. The second kappa shape index (κ2) is 9.69. The number of hydrogen-bond acceptors (Lipinski definition) is 7. The molecule has 0 unspecified atom stereocenters. The van der Waals surface area contributed by atoms with Gasteiger partial charge in [-0.15, -0.1) is 0 Å². The molecule has 1 aromatic carbocycles. The Hall–Kier alpha value is -2.93. The van der Waals surface area contributed by atoms with Gasteiger partial charge in [0.05, 0.1) is 13.2 Å². The van der Waals surface area contributed by atoms with Crippen molar-refractivity contribution in [2.75, 3.05) is 13.7 Å². The number of rotatable bonds is 7. The van der Waals surface area contributed by atoms with Crippen molar-refractivity contribution in [3.8, 4) is 23.0 Å². The minimum atomic E-state index is 0.139. The topological polar surface area (TPSA) is 73.5 Å². The number of benzene rings is 1. The van der Waals surface area contributed by atoms with Gasteiger partial charge in [0.15, 0.2) is 0 Å². The zero-order chi connectivity index (χ0) is 21.8. The van der Waals surface area contributed by atoms with Crippen LogP contribution in [0.25, 0.3) is 11.4 Å². The molecule has 1 atom stereocenters. The zero-order valence-corrected chi connectivity index (χ0v) is 18.6. The predicted molar refractivity (Wildman–Crippen MR) is 120 cm³/mol. The van der Waals surface area contributed by atoms with E-state index >= 15 is 0 Å². The van der Waals surface area contributed by atoms with Gasteiger partial charge in [-0.2, -0.15) is 4.98 Å². The predicted octanol–water partition coefficient (Wildman–Crippen LogP) is 5.19. The van der Waals surface area contributed by atoms with Gasteiger partial charge in [0.25, 0.3) is 0 Å². The minimum Gasteiger partial charge on any atom is -0.497 e. The van der Waals surface area contributed by atoms with Gasteiger partial charge in [0, 0.05) is 24.4 Å². The average Bonchev–Trinajstić information content (AvgIpc) is 3.50. The summed E-state index contributed by atoms with van der Waals surface area (Å²) in [4.78, 5) is 11.6. The van der Waals surface area contributed by atoms with Gasteiger partial charge in [-0.25, -0.2) is 4.98 Å². The van der Waals surface area contributed by atoms with E-state index in [9.17, 15) is 0 Å². The van der Waals surface area contributed by atoms with E-state index in [1.165, 1.54) is 24.8 Å². The van der Waals surface area contributed by atoms with Crippen LogP contribution in [0.1, 0.15) is 62.4 Å². The van der Waals surface area contributed by atoms with Gasteiger partial charge in [-0.1, -0.05) is 23.7 Å². The van der Waals surface area contributed by atoms with Crippen molar-refractivity contribution in [1.29, 1.82) is 0 Å². The van der Waals surface area contributed by atoms with Crippen molar-refractivity contribution in [2.45, 2.75) is 63.6 Å². The van der Waals surface area contributed by atoms with Gasteiger partial charge in [0.1, 0.15) is 11.9 Å². The largest absolute Gasteiger partial charge is 0.497 e. The Labute approximate surface area is 188 Å². The van der Waals surface area contributed by atoms with E-state index in [0.29, 0.717) is 17.6 Å². The number of nitrogens with zero attached hydrogens (tertiary/aromatic N) is 4. The van der Waals surface area contributed by atoms with E-state index < -0.39 is 0 Å². The molecular weight excluding hydrogens is 404 g/mol. The van der Waals surface area contributed by atoms with Gasteiger partial charge < -0.3 is 14.0 Å². The van der Waals surface area contributed by atoms with Crippen LogP contribution < -0.4 is 9.47 Å². The summed E-state index contributed by atoms with van der Waals surface area (Å²) in [7, 11) is 1.69. The molecule has 0 amide bonds. The summed E-state index contributed by atoms with van der Waals surface area (Å²) < 4.78 is 17.0. The fourth-order valence-corrected chi connectivity index (χ4v) is 4.68. The number of aromatic nitrogens is 3. The van der Waals surface area contributed by atoms with Crippen LogP contribution >= 0.6 is 0 Å². The summed E-state index contributed by atoms with van der Waals surface area (Å²) in [6.45, 7) is 1.87. The van der Waals surface area contributed by atoms with Crippen molar-refractivity contribution < 1.29 is 14.0 Å². The van der Waals surface area contributed by atoms with E-state index in [2.05, 4.69) is 27.2 Å². The number of methoxy groups -OCH3 is 1. The summed E-state index contributed by atoms with van der Waals surface area (Å²) in [5.41, 5.74) is 2.09. The Morgan fingerprint density at radius 3 is 2.59 bits per heavy atom. The summed E-state index contributed by atoms with van der Waals surface area (Å²) in [6.07, 6.45) is 10.2. The Morgan fingerprint density at radius 1 is 1.00 bits per heavy atom. The normalized spacial score (nSPS) is 19.8. The Balaban J connectivity index is 1.24. The summed E-state index contributed by atoms with van der Waals surface area (Å²) >= 11 is 0. The summed E-state index contributed by atoms with van der Waals surface area (Å²) in [5.74, 6) is 2.80. The Morgan fingerprint density at radius 2 is 1.84 bits per heavy atom. The molecule has 7 heteroatoms.